The molecule has 2 rings (SSSR count). The van der Waals surface area contributed by atoms with Crippen LogP contribution < -0.4 is 25.7 Å². The lowest BCUT2D eigenvalue weighted by Crippen LogP contribution is -2.36. The Bertz CT molecular complexity index is 959. The number of rotatable bonds is 7. The van der Waals surface area contributed by atoms with Crippen molar-refractivity contribution >= 4 is 28.0 Å². The summed E-state index contributed by atoms with van der Waals surface area (Å²) in [5, 5.41) is 2.18. The van der Waals surface area contributed by atoms with Crippen LogP contribution in [0.5, 0.6) is 11.8 Å². The van der Waals surface area contributed by atoms with Gasteiger partial charge in [0.15, 0.2) is 0 Å². The summed E-state index contributed by atoms with van der Waals surface area (Å²) in [6.45, 7) is 0. The molecule has 0 aliphatic rings. The van der Waals surface area contributed by atoms with Crippen molar-refractivity contribution in [3.05, 3.63) is 41.5 Å². The molecule has 2 amide bonds. The fourth-order valence-electron chi connectivity index (χ4n) is 2.13. The van der Waals surface area contributed by atoms with E-state index in [-0.39, 0.29) is 35.0 Å². The number of esters is 1. The van der Waals surface area contributed by atoms with Crippen LogP contribution >= 0.6 is 0 Å². The van der Waals surface area contributed by atoms with E-state index >= 15 is 0 Å². The summed E-state index contributed by atoms with van der Waals surface area (Å²) in [4.78, 5) is 31.5. The van der Waals surface area contributed by atoms with Gasteiger partial charge in [0.25, 0.3) is 0 Å². The van der Waals surface area contributed by atoms with Gasteiger partial charge in [-0.1, -0.05) is 18.2 Å². The fraction of sp³-hybridized carbons (Fsp3) is 0.250. The van der Waals surface area contributed by atoms with E-state index in [0.717, 1.165) is 0 Å². The molecule has 12 nitrogen and oxygen atoms in total. The van der Waals surface area contributed by atoms with E-state index < -0.39 is 27.8 Å². The lowest BCUT2D eigenvalue weighted by Gasteiger charge is -2.11. The summed E-state index contributed by atoms with van der Waals surface area (Å²) in [6.07, 6.45) is 0. The fourth-order valence-corrected chi connectivity index (χ4v) is 3.20. The molecule has 0 saturated heterocycles. The molecular formula is C16H21N5O7S. The number of hydrogen-bond donors (Lipinski definition) is 3. The van der Waals surface area contributed by atoms with Gasteiger partial charge in [-0.05, 0) is 11.6 Å². The first-order valence-corrected chi connectivity index (χ1v) is 9.38. The molecule has 2 aromatic rings. The Balaban J connectivity index is 0.00000420. The van der Waals surface area contributed by atoms with Crippen molar-refractivity contribution in [2.45, 2.75) is 5.75 Å². The first-order chi connectivity index (χ1) is 13.3. The van der Waals surface area contributed by atoms with Crippen molar-refractivity contribution in [1.82, 2.24) is 20.8 Å². The van der Waals surface area contributed by atoms with Crippen molar-refractivity contribution in [2.24, 2.45) is 0 Å². The van der Waals surface area contributed by atoms with Crippen LogP contribution in [0, 0.1) is 0 Å². The van der Waals surface area contributed by atoms with Crippen LogP contribution in [0.4, 0.5) is 10.7 Å². The number of nitrogens with zero attached hydrogens (tertiary/aromatic N) is 2. The number of carbonyl (C=O) groups is 2. The van der Waals surface area contributed by atoms with E-state index in [1.807, 2.05) is 4.72 Å². The molecule has 0 radical (unpaired) electrons. The number of nitrogens with one attached hydrogen (secondary N) is 2. The Kier molecular flexibility index (Phi) is 8.29. The predicted octanol–water partition coefficient (Wildman–Crippen LogP) is 1.09. The maximum Gasteiger partial charge on any atom is 0.338 e. The monoisotopic (exact) mass is 427 g/mol. The second-order valence-electron chi connectivity index (χ2n) is 5.24. The summed E-state index contributed by atoms with van der Waals surface area (Å²) in [5.74, 6) is -1.31. The highest BCUT2D eigenvalue weighted by molar-refractivity contribution is 7.89. The zero-order valence-electron chi connectivity index (χ0n) is 16.0. The standard InChI is InChI=1S/C16H18N4O7S.H3N/c1-25-12-8-13(26-2)18-15(17-12)19-16(22)20-28(23,24)9-10-6-4-5-7-11(10)14(21)27-3;/h4-8H,9H2,1-3H3,(H2,17,18,19,20,22);1H3. The van der Waals surface area contributed by atoms with E-state index in [1.54, 1.807) is 12.1 Å². The average molecular weight is 427 g/mol. The van der Waals surface area contributed by atoms with Crippen molar-refractivity contribution in [2.75, 3.05) is 26.6 Å². The predicted molar refractivity (Wildman–Crippen MR) is 103 cm³/mol. The first kappa shape index (κ1) is 23.6. The second kappa shape index (κ2) is 10.2. The van der Waals surface area contributed by atoms with E-state index in [9.17, 15) is 18.0 Å². The molecule has 0 fully saturated rings. The maximum atomic E-state index is 12.3. The highest BCUT2D eigenvalue weighted by Crippen LogP contribution is 2.17. The van der Waals surface area contributed by atoms with Crippen molar-refractivity contribution in [1.29, 1.82) is 0 Å². The Labute approximate surface area is 167 Å². The number of ether oxygens (including phenoxy) is 3. The topological polar surface area (TPSA) is 181 Å². The lowest BCUT2D eigenvalue weighted by molar-refractivity contribution is 0.0600. The zero-order valence-corrected chi connectivity index (χ0v) is 16.8. The number of aromatic nitrogens is 2. The molecule has 0 atom stereocenters. The largest absolute Gasteiger partial charge is 0.481 e. The van der Waals surface area contributed by atoms with Crippen LogP contribution in [-0.2, 0) is 20.5 Å². The van der Waals surface area contributed by atoms with Gasteiger partial charge >= 0.3 is 12.0 Å². The highest BCUT2D eigenvalue weighted by Gasteiger charge is 2.21. The third-order valence-electron chi connectivity index (χ3n) is 3.34. The van der Waals surface area contributed by atoms with Gasteiger partial charge < -0.3 is 20.4 Å². The molecule has 1 aromatic carbocycles. The van der Waals surface area contributed by atoms with Crippen LogP contribution in [0.3, 0.4) is 0 Å². The molecule has 1 heterocycles. The Hall–Kier alpha value is -3.45. The summed E-state index contributed by atoms with van der Waals surface area (Å²) in [6, 6.07) is 6.28. The van der Waals surface area contributed by atoms with Crippen LogP contribution in [0.2, 0.25) is 0 Å². The number of hydrogen-bond acceptors (Lipinski definition) is 10. The molecule has 1 aromatic heterocycles. The normalized spacial score (nSPS) is 10.3. The van der Waals surface area contributed by atoms with Gasteiger partial charge in [-0.2, -0.15) is 9.97 Å². The van der Waals surface area contributed by atoms with Crippen LogP contribution in [0.1, 0.15) is 15.9 Å². The van der Waals surface area contributed by atoms with E-state index in [0.29, 0.717) is 0 Å². The molecule has 158 valence electrons. The third kappa shape index (κ3) is 6.58. The van der Waals surface area contributed by atoms with E-state index in [1.165, 1.54) is 39.5 Å². The minimum Gasteiger partial charge on any atom is -0.481 e. The number of benzene rings is 1. The molecule has 5 N–H and O–H groups in total. The molecule has 0 saturated carbocycles. The van der Waals surface area contributed by atoms with Gasteiger partial charge in [0, 0.05) is 0 Å². The van der Waals surface area contributed by atoms with Crippen LogP contribution in [0.25, 0.3) is 0 Å². The SMILES string of the molecule is COC(=O)c1ccccc1CS(=O)(=O)NC(=O)Nc1nc(OC)cc(OC)n1.N. The van der Waals surface area contributed by atoms with E-state index in [4.69, 9.17) is 9.47 Å². The summed E-state index contributed by atoms with van der Waals surface area (Å²) in [5.41, 5.74) is 0.255. The number of urea groups is 1. The quantitative estimate of drug-likeness (QED) is 0.541. The Morgan fingerprint density at radius 3 is 2.17 bits per heavy atom. The highest BCUT2D eigenvalue weighted by atomic mass is 32.2. The molecule has 0 aliphatic heterocycles. The maximum absolute atomic E-state index is 12.3. The third-order valence-corrected chi connectivity index (χ3v) is 4.53. The van der Waals surface area contributed by atoms with Crippen LogP contribution in [-0.4, -0.2) is 51.7 Å². The van der Waals surface area contributed by atoms with Gasteiger partial charge in [-0.25, -0.2) is 22.7 Å². The summed E-state index contributed by atoms with van der Waals surface area (Å²) >= 11 is 0. The lowest BCUT2D eigenvalue weighted by atomic mass is 10.1. The minimum atomic E-state index is -4.14. The average Bonchev–Trinajstić information content (AvgIpc) is 2.66. The number of amides is 2. The van der Waals surface area contributed by atoms with Gasteiger partial charge in [-0.3, -0.25) is 5.32 Å². The molecule has 0 bridgehead atoms. The molecule has 0 unspecified atom stereocenters. The Morgan fingerprint density at radius 1 is 1.03 bits per heavy atom. The van der Waals surface area contributed by atoms with Gasteiger partial charge in [0.05, 0.1) is 38.7 Å². The molecule has 0 spiro atoms. The minimum absolute atomic E-state index is 0. The van der Waals surface area contributed by atoms with Crippen molar-refractivity contribution in [3.63, 3.8) is 0 Å². The molecule has 29 heavy (non-hydrogen) atoms. The molecular weight excluding hydrogens is 406 g/mol. The van der Waals surface area contributed by atoms with Gasteiger partial charge in [0.2, 0.25) is 27.7 Å². The van der Waals surface area contributed by atoms with Gasteiger partial charge in [0.1, 0.15) is 0 Å². The van der Waals surface area contributed by atoms with Crippen LogP contribution in [0.15, 0.2) is 30.3 Å². The smallest absolute Gasteiger partial charge is 0.338 e. The Morgan fingerprint density at radius 2 is 1.62 bits per heavy atom. The van der Waals surface area contributed by atoms with E-state index in [2.05, 4.69) is 20.0 Å². The number of carbonyl (C=O) groups excluding carboxylic acids is 2. The van der Waals surface area contributed by atoms with Crippen molar-refractivity contribution < 1.29 is 32.2 Å². The molecule has 13 heteroatoms. The second-order valence-corrected chi connectivity index (χ2v) is 6.96. The number of anilines is 1. The first-order valence-electron chi connectivity index (χ1n) is 7.72. The van der Waals surface area contributed by atoms with Gasteiger partial charge in [-0.15, -0.1) is 0 Å². The zero-order chi connectivity index (χ0) is 20.7. The number of methoxy groups -OCH3 is 3. The summed E-state index contributed by atoms with van der Waals surface area (Å²) < 4.78 is 40.9. The number of sulfonamides is 1. The van der Waals surface area contributed by atoms with Crippen molar-refractivity contribution in [3.8, 4) is 11.8 Å². The summed E-state index contributed by atoms with van der Waals surface area (Å²) in [7, 11) is -0.243. The molecule has 0 aliphatic carbocycles.